The molecule has 0 atom stereocenters. The highest BCUT2D eigenvalue weighted by Gasteiger charge is 2.11. The second-order valence-electron chi connectivity index (χ2n) is 3.31. The summed E-state index contributed by atoms with van der Waals surface area (Å²) in [6.45, 7) is 0. The van der Waals surface area contributed by atoms with Gasteiger partial charge in [0.05, 0.1) is 5.02 Å². The summed E-state index contributed by atoms with van der Waals surface area (Å²) in [6.07, 6.45) is 0. The lowest BCUT2D eigenvalue weighted by Crippen LogP contribution is -2.12. The van der Waals surface area contributed by atoms with Crippen LogP contribution in [0.3, 0.4) is 0 Å². The Morgan fingerprint density at radius 1 is 1.29 bits per heavy atom. The van der Waals surface area contributed by atoms with Crippen molar-refractivity contribution in [3.05, 3.63) is 50.7 Å². The number of aromatic nitrogens is 1. The summed E-state index contributed by atoms with van der Waals surface area (Å²) in [5.41, 5.74) is 1.01. The van der Waals surface area contributed by atoms with Crippen molar-refractivity contribution in [2.24, 2.45) is 0 Å². The minimum atomic E-state index is -0.295. The van der Waals surface area contributed by atoms with E-state index < -0.39 is 0 Å². The highest BCUT2D eigenvalue weighted by atomic mass is 79.9. The van der Waals surface area contributed by atoms with Gasteiger partial charge in [-0.3, -0.25) is 4.79 Å². The van der Waals surface area contributed by atoms with Crippen LogP contribution in [0.25, 0.3) is 0 Å². The van der Waals surface area contributed by atoms with Crippen LogP contribution in [0.5, 0.6) is 0 Å². The minimum absolute atomic E-state index is 0.256. The van der Waals surface area contributed by atoms with Gasteiger partial charge in [-0.1, -0.05) is 45.2 Å². The predicted molar refractivity (Wildman–Crippen MR) is 72.9 cm³/mol. The summed E-state index contributed by atoms with van der Waals surface area (Å²) in [7, 11) is 0. The van der Waals surface area contributed by atoms with Gasteiger partial charge in [0.1, 0.15) is 10.8 Å². The molecule has 0 bridgehead atoms. The molecule has 0 aliphatic rings. The maximum atomic E-state index is 11.8. The van der Waals surface area contributed by atoms with E-state index in [0.717, 1.165) is 4.47 Å². The van der Waals surface area contributed by atoms with Gasteiger partial charge in [0.25, 0.3) is 5.91 Å². The van der Waals surface area contributed by atoms with Gasteiger partial charge in [-0.2, -0.15) is 0 Å². The van der Waals surface area contributed by atoms with Gasteiger partial charge < -0.3 is 10.3 Å². The van der Waals surface area contributed by atoms with Gasteiger partial charge in [0.2, 0.25) is 0 Å². The van der Waals surface area contributed by atoms with E-state index in [4.69, 9.17) is 23.2 Å². The Balaban J connectivity index is 2.17. The second kappa shape index (κ2) is 5.12. The largest absolute Gasteiger partial charge is 0.340 e. The van der Waals surface area contributed by atoms with Gasteiger partial charge in [-0.25, -0.2) is 0 Å². The molecule has 6 heteroatoms. The highest BCUT2D eigenvalue weighted by molar-refractivity contribution is 9.10. The zero-order chi connectivity index (χ0) is 12.4. The van der Waals surface area contributed by atoms with Crippen LogP contribution in [-0.4, -0.2) is 10.9 Å². The summed E-state index contributed by atoms with van der Waals surface area (Å²) < 4.78 is 0.887. The van der Waals surface area contributed by atoms with Crippen molar-refractivity contribution in [3.63, 3.8) is 0 Å². The zero-order valence-corrected chi connectivity index (χ0v) is 11.5. The van der Waals surface area contributed by atoms with Crippen molar-refractivity contribution >= 4 is 50.7 Å². The lowest BCUT2D eigenvalue weighted by molar-refractivity contribution is 0.102. The SMILES string of the molecule is O=C(Nc1cccc(Br)c1)c1cc(Cl)c(Cl)[nH]1. The van der Waals surface area contributed by atoms with E-state index in [1.54, 1.807) is 12.1 Å². The van der Waals surface area contributed by atoms with Crippen molar-refractivity contribution in [1.29, 1.82) is 0 Å². The molecule has 88 valence electrons. The third kappa shape index (κ3) is 3.03. The average Bonchev–Trinajstić information content (AvgIpc) is 2.59. The van der Waals surface area contributed by atoms with Crippen LogP contribution in [0.15, 0.2) is 34.8 Å². The number of anilines is 1. The molecule has 0 saturated carbocycles. The summed E-state index contributed by atoms with van der Waals surface area (Å²) in [6, 6.07) is 8.77. The summed E-state index contributed by atoms with van der Waals surface area (Å²) in [4.78, 5) is 14.5. The van der Waals surface area contributed by atoms with Crippen LogP contribution in [0.1, 0.15) is 10.5 Å². The van der Waals surface area contributed by atoms with Gasteiger partial charge >= 0.3 is 0 Å². The van der Waals surface area contributed by atoms with Crippen LogP contribution in [0.2, 0.25) is 10.2 Å². The van der Waals surface area contributed by atoms with Crippen molar-refractivity contribution in [2.45, 2.75) is 0 Å². The number of halogens is 3. The fraction of sp³-hybridized carbons (Fsp3) is 0. The zero-order valence-electron chi connectivity index (χ0n) is 8.43. The Morgan fingerprint density at radius 2 is 2.06 bits per heavy atom. The number of hydrogen-bond acceptors (Lipinski definition) is 1. The van der Waals surface area contributed by atoms with E-state index >= 15 is 0 Å². The molecule has 2 aromatic rings. The van der Waals surface area contributed by atoms with Crippen molar-refractivity contribution in [2.75, 3.05) is 5.32 Å². The molecule has 1 aromatic carbocycles. The van der Waals surface area contributed by atoms with Gasteiger partial charge in [0.15, 0.2) is 0 Å². The molecule has 17 heavy (non-hydrogen) atoms. The number of hydrogen-bond donors (Lipinski definition) is 2. The van der Waals surface area contributed by atoms with Gasteiger partial charge in [-0.05, 0) is 24.3 Å². The van der Waals surface area contributed by atoms with E-state index in [0.29, 0.717) is 16.4 Å². The maximum Gasteiger partial charge on any atom is 0.272 e. The van der Waals surface area contributed by atoms with Crippen LogP contribution in [-0.2, 0) is 0 Å². The first-order valence-electron chi connectivity index (χ1n) is 4.67. The lowest BCUT2D eigenvalue weighted by Gasteiger charge is -2.03. The molecule has 1 heterocycles. The molecule has 0 unspecified atom stereocenters. The Kier molecular flexibility index (Phi) is 3.76. The molecule has 2 rings (SSSR count). The molecular weight excluding hydrogens is 327 g/mol. The second-order valence-corrected chi connectivity index (χ2v) is 5.01. The summed E-state index contributed by atoms with van der Waals surface area (Å²) in [5, 5.41) is 3.30. The van der Waals surface area contributed by atoms with Crippen LogP contribution in [0, 0.1) is 0 Å². The fourth-order valence-electron chi connectivity index (χ4n) is 1.29. The number of H-pyrrole nitrogens is 1. The van der Waals surface area contributed by atoms with Crippen LogP contribution >= 0.6 is 39.1 Å². The van der Waals surface area contributed by atoms with Gasteiger partial charge in [-0.15, -0.1) is 0 Å². The van der Waals surface area contributed by atoms with E-state index in [1.807, 2.05) is 12.1 Å². The van der Waals surface area contributed by atoms with E-state index in [1.165, 1.54) is 6.07 Å². The first kappa shape index (κ1) is 12.5. The number of aromatic amines is 1. The number of carbonyl (C=O) groups excluding carboxylic acids is 1. The first-order chi connectivity index (χ1) is 8.06. The van der Waals surface area contributed by atoms with Crippen LogP contribution in [0.4, 0.5) is 5.69 Å². The lowest BCUT2D eigenvalue weighted by atomic mass is 10.3. The van der Waals surface area contributed by atoms with Crippen molar-refractivity contribution in [1.82, 2.24) is 4.98 Å². The smallest absolute Gasteiger partial charge is 0.272 e. The quantitative estimate of drug-likeness (QED) is 0.843. The molecule has 2 N–H and O–H groups in total. The topological polar surface area (TPSA) is 44.9 Å². The fourth-order valence-corrected chi connectivity index (χ4v) is 2.00. The Bertz CT molecular complexity index is 549. The number of rotatable bonds is 2. The van der Waals surface area contributed by atoms with E-state index in [2.05, 4.69) is 26.2 Å². The Morgan fingerprint density at radius 3 is 2.65 bits per heavy atom. The summed E-state index contributed by atoms with van der Waals surface area (Å²) in [5.74, 6) is -0.295. The molecule has 1 amide bonds. The number of amides is 1. The standard InChI is InChI=1S/C11H7BrCl2N2O/c12-6-2-1-3-7(4-6)15-11(17)9-5-8(13)10(14)16-9/h1-5,16H,(H,15,17). The molecule has 3 nitrogen and oxygen atoms in total. The highest BCUT2D eigenvalue weighted by Crippen LogP contribution is 2.23. The average molecular weight is 334 g/mol. The molecule has 0 aliphatic heterocycles. The first-order valence-corrected chi connectivity index (χ1v) is 6.22. The number of nitrogens with one attached hydrogen (secondary N) is 2. The molecule has 0 aliphatic carbocycles. The van der Waals surface area contributed by atoms with Gasteiger partial charge in [0, 0.05) is 10.2 Å². The molecule has 0 radical (unpaired) electrons. The third-order valence-corrected chi connectivity index (χ3v) is 3.24. The third-order valence-electron chi connectivity index (χ3n) is 2.05. The minimum Gasteiger partial charge on any atom is -0.340 e. The number of benzene rings is 1. The molecule has 0 saturated heterocycles. The summed E-state index contributed by atoms with van der Waals surface area (Å²) >= 11 is 14.8. The maximum absolute atomic E-state index is 11.8. The van der Waals surface area contributed by atoms with E-state index in [9.17, 15) is 4.79 Å². The monoisotopic (exact) mass is 332 g/mol. The normalized spacial score (nSPS) is 10.3. The number of carbonyl (C=O) groups is 1. The molecule has 0 fully saturated rings. The molecule has 1 aromatic heterocycles. The molecular formula is C11H7BrCl2N2O. The Labute approximate surface area is 116 Å². The predicted octanol–water partition coefficient (Wildman–Crippen LogP) is 4.34. The van der Waals surface area contributed by atoms with Crippen molar-refractivity contribution < 1.29 is 4.79 Å². The van der Waals surface area contributed by atoms with E-state index in [-0.39, 0.29) is 11.1 Å². The molecule has 0 spiro atoms. The van der Waals surface area contributed by atoms with Crippen LogP contribution < -0.4 is 5.32 Å². The van der Waals surface area contributed by atoms with Crippen molar-refractivity contribution in [3.8, 4) is 0 Å². The Hall–Kier alpha value is -0.970.